The van der Waals surface area contributed by atoms with Crippen LogP contribution in [0.25, 0.3) is 0 Å². The predicted molar refractivity (Wildman–Crippen MR) is 118 cm³/mol. The molecule has 12 heteroatoms. The Morgan fingerprint density at radius 1 is 1.16 bits per heavy atom. The third kappa shape index (κ3) is 7.74. The third-order valence-electron chi connectivity index (χ3n) is 3.72. The number of ether oxygens (including phenoxy) is 2. The molecule has 0 spiro atoms. The van der Waals surface area contributed by atoms with Gasteiger partial charge in [-0.05, 0) is 35.9 Å². The molecule has 1 N–H and O–H groups in total. The van der Waals surface area contributed by atoms with E-state index < -0.39 is 28.4 Å². The average molecular weight is 488 g/mol. The molecule has 0 saturated carbocycles. The van der Waals surface area contributed by atoms with Gasteiger partial charge in [-0.15, -0.1) is 0 Å². The summed E-state index contributed by atoms with van der Waals surface area (Å²) >= 11 is 11.8. The summed E-state index contributed by atoms with van der Waals surface area (Å²) in [4.78, 5) is 23.4. The summed E-state index contributed by atoms with van der Waals surface area (Å²) < 4.78 is 34.9. The fourth-order valence-corrected chi connectivity index (χ4v) is 3.41. The first-order valence-corrected chi connectivity index (χ1v) is 11.2. The molecule has 0 aromatic heterocycles. The Balaban J connectivity index is 2.03. The van der Waals surface area contributed by atoms with E-state index in [2.05, 4.69) is 15.3 Å². The largest absolute Gasteiger partial charge is 0.482 e. The van der Waals surface area contributed by atoms with Gasteiger partial charge in [0.25, 0.3) is 5.91 Å². The molecule has 1 amide bonds. The predicted octanol–water partition coefficient (Wildman–Crippen LogP) is 2.46. The van der Waals surface area contributed by atoms with Gasteiger partial charge in [0.1, 0.15) is 12.3 Å². The number of esters is 1. The van der Waals surface area contributed by atoms with Crippen LogP contribution < -0.4 is 14.5 Å². The van der Waals surface area contributed by atoms with Gasteiger partial charge in [-0.3, -0.25) is 9.10 Å². The van der Waals surface area contributed by atoms with E-state index >= 15 is 0 Å². The zero-order chi connectivity index (χ0) is 23.0. The van der Waals surface area contributed by atoms with Gasteiger partial charge in [-0.25, -0.2) is 18.6 Å². The number of nitrogens with one attached hydrogen (secondary N) is 1. The van der Waals surface area contributed by atoms with Crippen molar-refractivity contribution < 1.29 is 27.5 Å². The van der Waals surface area contributed by atoms with Crippen LogP contribution in [0.15, 0.2) is 47.6 Å². The first-order valence-electron chi connectivity index (χ1n) is 8.64. The number of sulfonamides is 1. The van der Waals surface area contributed by atoms with Crippen molar-refractivity contribution in [1.29, 1.82) is 0 Å². The molecule has 2 rings (SSSR count). The number of hydrogen-bond donors (Lipinski definition) is 1. The van der Waals surface area contributed by atoms with Gasteiger partial charge >= 0.3 is 5.97 Å². The summed E-state index contributed by atoms with van der Waals surface area (Å²) in [5.74, 6) is -0.793. The second-order valence-electron chi connectivity index (χ2n) is 6.10. The molecule has 0 radical (unpaired) electrons. The van der Waals surface area contributed by atoms with Crippen LogP contribution in [0.3, 0.4) is 0 Å². The van der Waals surface area contributed by atoms with E-state index in [1.165, 1.54) is 31.5 Å². The molecule has 0 aliphatic heterocycles. The molecule has 2 aromatic rings. The van der Waals surface area contributed by atoms with Crippen LogP contribution >= 0.6 is 23.2 Å². The Morgan fingerprint density at radius 2 is 1.90 bits per heavy atom. The van der Waals surface area contributed by atoms with Crippen molar-refractivity contribution in [3.05, 3.63) is 58.1 Å². The SMILES string of the molecule is COC(=O)COc1cccc(C=NNC(=O)CN(c2ccc(Cl)c(Cl)c2)S(C)(=O)=O)c1. The zero-order valence-electron chi connectivity index (χ0n) is 16.5. The van der Waals surface area contributed by atoms with E-state index in [0.717, 1.165) is 10.6 Å². The average Bonchev–Trinajstić information content (AvgIpc) is 2.72. The number of anilines is 1. The topological polar surface area (TPSA) is 114 Å². The maximum absolute atomic E-state index is 12.2. The number of benzene rings is 2. The smallest absolute Gasteiger partial charge is 0.343 e. The van der Waals surface area contributed by atoms with Crippen LogP contribution in [-0.2, 0) is 24.3 Å². The molecule has 0 saturated heterocycles. The van der Waals surface area contributed by atoms with Crippen LogP contribution in [0.5, 0.6) is 5.75 Å². The number of carbonyl (C=O) groups is 2. The molecule has 31 heavy (non-hydrogen) atoms. The van der Waals surface area contributed by atoms with Crippen LogP contribution in [0.4, 0.5) is 5.69 Å². The van der Waals surface area contributed by atoms with Crippen molar-refractivity contribution in [2.45, 2.75) is 0 Å². The number of methoxy groups -OCH3 is 1. The van der Waals surface area contributed by atoms with Gasteiger partial charge in [0.15, 0.2) is 6.61 Å². The fraction of sp³-hybridized carbons (Fsp3) is 0.211. The van der Waals surface area contributed by atoms with Crippen LogP contribution in [0.1, 0.15) is 5.56 Å². The lowest BCUT2D eigenvalue weighted by Crippen LogP contribution is -2.39. The number of halogens is 2. The van der Waals surface area contributed by atoms with Gasteiger partial charge in [-0.2, -0.15) is 5.10 Å². The third-order valence-corrected chi connectivity index (χ3v) is 5.60. The minimum atomic E-state index is -3.78. The maximum atomic E-state index is 12.2. The molecule has 0 unspecified atom stereocenters. The Kier molecular flexibility index (Phi) is 8.66. The van der Waals surface area contributed by atoms with E-state index in [1.807, 2.05) is 0 Å². The summed E-state index contributed by atoms with van der Waals surface area (Å²) in [7, 11) is -2.52. The standard InChI is InChI=1S/C19H19Cl2N3O6S/c1-29-19(26)12-30-15-5-3-4-13(8-15)10-22-23-18(25)11-24(31(2,27)28)14-6-7-16(20)17(21)9-14/h3-10H,11-12H2,1-2H3,(H,23,25). The van der Waals surface area contributed by atoms with Crippen LogP contribution in [0.2, 0.25) is 10.0 Å². The van der Waals surface area contributed by atoms with Crippen molar-refractivity contribution in [1.82, 2.24) is 5.43 Å². The highest BCUT2D eigenvalue weighted by Crippen LogP contribution is 2.28. The molecular weight excluding hydrogens is 469 g/mol. The van der Waals surface area contributed by atoms with Crippen LogP contribution in [-0.4, -0.2) is 53.0 Å². The Labute approximate surface area is 189 Å². The van der Waals surface area contributed by atoms with Crippen molar-refractivity contribution in [2.75, 3.05) is 30.8 Å². The maximum Gasteiger partial charge on any atom is 0.343 e. The minimum Gasteiger partial charge on any atom is -0.482 e. The summed E-state index contributed by atoms with van der Waals surface area (Å²) in [6.45, 7) is -0.764. The summed E-state index contributed by atoms with van der Waals surface area (Å²) in [6.07, 6.45) is 2.30. The Bertz CT molecular complexity index is 1090. The number of nitrogens with zero attached hydrogens (tertiary/aromatic N) is 2. The number of carbonyl (C=O) groups excluding carboxylic acids is 2. The van der Waals surface area contributed by atoms with Gasteiger partial charge in [0, 0.05) is 0 Å². The minimum absolute atomic E-state index is 0.153. The highest BCUT2D eigenvalue weighted by atomic mass is 35.5. The molecule has 0 aliphatic rings. The van der Waals surface area contributed by atoms with Crippen LogP contribution in [0, 0.1) is 0 Å². The van der Waals surface area contributed by atoms with Gasteiger partial charge < -0.3 is 9.47 Å². The van der Waals surface area contributed by atoms with Crippen molar-refractivity contribution >= 4 is 57.0 Å². The molecule has 9 nitrogen and oxygen atoms in total. The van der Waals surface area contributed by atoms with Crippen molar-refractivity contribution in [3.63, 3.8) is 0 Å². The van der Waals surface area contributed by atoms with Gasteiger partial charge in [0.2, 0.25) is 10.0 Å². The Morgan fingerprint density at radius 3 is 2.55 bits per heavy atom. The summed E-state index contributed by atoms with van der Waals surface area (Å²) in [5.41, 5.74) is 3.02. The lowest BCUT2D eigenvalue weighted by atomic mass is 10.2. The normalized spacial score (nSPS) is 11.2. The van der Waals surface area contributed by atoms with Gasteiger partial charge in [0.05, 0.1) is 35.3 Å². The van der Waals surface area contributed by atoms with Gasteiger partial charge in [-0.1, -0.05) is 35.3 Å². The van der Waals surface area contributed by atoms with Crippen molar-refractivity contribution in [3.8, 4) is 5.75 Å². The molecule has 2 aromatic carbocycles. The number of rotatable bonds is 9. The summed E-state index contributed by atoms with van der Waals surface area (Å²) in [5, 5.41) is 4.22. The molecule has 0 heterocycles. The van der Waals surface area contributed by atoms with E-state index in [1.54, 1.807) is 24.3 Å². The number of hydrazone groups is 1. The fourth-order valence-electron chi connectivity index (χ4n) is 2.27. The zero-order valence-corrected chi connectivity index (χ0v) is 18.9. The highest BCUT2D eigenvalue weighted by molar-refractivity contribution is 7.92. The first-order chi connectivity index (χ1) is 14.6. The first kappa shape index (κ1) is 24.4. The van der Waals surface area contributed by atoms with E-state index in [-0.39, 0.29) is 22.3 Å². The highest BCUT2D eigenvalue weighted by Gasteiger charge is 2.21. The molecule has 0 fully saturated rings. The number of amides is 1. The van der Waals surface area contributed by atoms with Crippen molar-refractivity contribution in [2.24, 2.45) is 5.10 Å². The second-order valence-corrected chi connectivity index (χ2v) is 8.82. The molecule has 0 aliphatic carbocycles. The number of hydrogen-bond acceptors (Lipinski definition) is 7. The monoisotopic (exact) mass is 487 g/mol. The lowest BCUT2D eigenvalue weighted by Gasteiger charge is -2.21. The molecular formula is C19H19Cl2N3O6S. The van der Waals surface area contributed by atoms with E-state index in [4.69, 9.17) is 27.9 Å². The Hall–Kier alpha value is -2.82. The quantitative estimate of drug-likeness (QED) is 0.330. The lowest BCUT2D eigenvalue weighted by molar-refractivity contribution is -0.142. The van der Waals surface area contributed by atoms with E-state index in [0.29, 0.717) is 11.3 Å². The molecule has 0 atom stereocenters. The molecule has 0 bridgehead atoms. The molecule has 166 valence electrons. The van der Waals surface area contributed by atoms with E-state index in [9.17, 15) is 18.0 Å². The summed E-state index contributed by atoms with van der Waals surface area (Å²) in [6, 6.07) is 10.8. The second kappa shape index (κ2) is 11.0.